The fourth-order valence-corrected chi connectivity index (χ4v) is 1.64. The molecule has 3 heteroatoms. The molecule has 0 spiro atoms. The number of hydrogen-bond acceptors (Lipinski definition) is 3. The lowest BCUT2D eigenvalue weighted by atomic mass is 10.1. The molecule has 0 aliphatic carbocycles. The number of ether oxygens (including phenoxy) is 1. The molecule has 96 valence electrons. The molecule has 3 nitrogen and oxygen atoms in total. The molecule has 0 aliphatic rings. The number of pyridine rings is 1. The number of rotatable bonds is 4. The van der Waals surface area contributed by atoms with Crippen LogP contribution in [0.3, 0.4) is 0 Å². The van der Waals surface area contributed by atoms with E-state index < -0.39 is 0 Å². The fourth-order valence-electron chi connectivity index (χ4n) is 1.64. The molecular formula is C17H12N2O. The Bertz CT molecular complexity index is 674. The minimum absolute atomic E-state index is 0.243. The van der Waals surface area contributed by atoms with Gasteiger partial charge in [0.15, 0.2) is 0 Å². The SMILES string of the molecule is C#CCOc1ccc(C=C(C#N)c2ccccn2)cc1. The topological polar surface area (TPSA) is 45.9 Å². The third kappa shape index (κ3) is 3.48. The van der Waals surface area contributed by atoms with Crippen LogP contribution < -0.4 is 4.74 Å². The summed E-state index contributed by atoms with van der Waals surface area (Å²) < 4.78 is 5.29. The molecule has 0 radical (unpaired) electrons. The number of benzene rings is 1. The van der Waals surface area contributed by atoms with Gasteiger partial charge in [-0.25, -0.2) is 0 Å². The molecule has 0 amide bonds. The van der Waals surface area contributed by atoms with Gasteiger partial charge in [0.2, 0.25) is 0 Å². The number of hydrogen-bond donors (Lipinski definition) is 0. The molecule has 2 rings (SSSR count). The molecule has 0 atom stereocenters. The van der Waals surface area contributed by atoms with Gasteiger partial charge in [0.25, 0.3) is 0 Å². The molecule has 0 bridgehead atoms. The Morgan fingerprint density at radius 1 is 1.25 bits per heavy atom. The van der Waals surface area contributed by atoms with Crippen LogP contribution in [-0.2, 0) is 0 Å². The van der Waals surface area contributed by atoms with E-state index in [0.717, 1.165) is 5.56 Å². The molecule has 1 aromatic heterocycles. The number of aromatic nitrogens is 1. The second kappa shape index (κ2) is 6.78. The van der Waals surface area contributed by atoms with Crippen LogP contribution in [0.5, 0.6) is 5.75 Å². The molecule has 1 heterocycles. The summed E-state index contributed by atoms with van der Waals surface area (Å²) in [4.78, 5) is 4.17. The summed E-state index contributed by atoms with van der Waals surface area (Å²) in [7, 11) is 0. The van der Waals surface area contributed by atoms with E-state index in [1.54, 1.807) is 18.3 Å². The fraction of sp³-hybridized carbons (Fsp3) is 0.0588. The van der Waals surface area contributed by atoms with Crippen molar-refractivity contribution in [3.63, 3.8) is 0 Å². The van der Waals surface area contributed by atoms with E-state index in [1.807, 2.05) is 36.4 Å². The Kier molecular flexibility index (Phi) is 4.54. The maximum atomic E-state index is 9.21. The van der Waals surface area contributed by atoms with E-state index in [2.05, 4.69) is 17.0 Å². The number of allylic oxidation sites excluding steroid dienone is 1. The second-order valence-electron chi connectivity index (χ2n) is 3.95. The molecule has 0 aliphatic heterocycles. The van der Waals surface area contributed by atoms with Crippen LogP contribution in [0.4, 0.5) is 0 Å². The average Bonchev–Trinajstić information content (AvgIpc) is 2.52. The summed E-state index contributed by atoms with van der Waals surface area (Å²) in [5.41, 5.74) is 2.07. The Balaban J connectivity index is 2.21. The van der Waals surface area contributed by atoms with E-state index >= 15 is 0 Å². The van der Waals surface area contributed by atoms with Gasteiger partial charge in [-0.1, -0.05) is 24.1 Å². The van der Waals surface area contributed by atoms with Crippen molar-refractivity contribution in [1.29, 1.82) is 5.26 Å². The summed E-state index contributed by atoms with van der Waals surface area (Å²) in [6.07, 6.45) is 8.58. The second-order valence-corrected chi connectivity index (χ2v) is 3.95. The molecule has 0 unspecified atom stereocenters. The van der Waals surface area contributed by atoms with E-state index in [-0.39, 0.29) is 6.61 Å². The van der Waals surface area contributed by atoms with Crippen LogP contribution in [0, 0.1) is 23.7 Å². The van der Waals surface area contributed by atoms with Gasteiger partial charge in [-0.2, -0.15) is 5.26 Å². The van der Waals surface area contributed by atoms with Crippen molar-refractivity contribution in [2.75, 3.05) is 6.61 Å². The van der Waals surface area contributed by atoms with Gasteiger partial charge in [-0.15, -0.1) is 6.42 Å². The maximum absolute atomic E-state index is 9.21. The quantitative estimate of drug-likeness (QED) is 0.626. The molecule has 0 fully saturated rings. The van der Waals surface area contributed by atoms with Crippen molar-refractivity contribution >= 4 is 11.6 Å². The van der Waals surface area contributed by atoms with E-state index in [1.165, 1.54) is 0 Å². The first-order chi connectivity index (χ1) is 9.83. The first-order valence-corrected chi connectivity index (χ1v) is 6.03. The van der Waals surface area contributed by atoms with Crippen molar-refractivity contribution in [3.05, 3.63) is 59.9 Å². The summed E-state index contributed by atoms with van der Waals surface area (Å²) in [6, 6.07) is 15.0. The highest BCUT2D eigenvalue weighted by molar-refractivity contribution is 5.88. The Morgan fingerprint density at radius 2 is 2.05 bits per heavy atom. The van der Waals surface area contributed by atoms with Crippen LogP contribution in [0.1, 0.15) is 11.3 Å². The molecule has 0 N–H and O–H groups in total. The predicted molar refractivity (Wildman–Crippen MR) is 78.5 cm³/mol. The smallest absolute Gasteiger partial charge is 0.148 e. The van der Waals surface area contributed by atoms with Crippen molar-refractivity contribution in [3.8, 4) is 24.2 Å². The van der Waals surface area contributed by atoms with E-state index in [9.17, 15) is 5.26 Å². The number of nitriles is 1. The van der Waals surface area contributed by atoms with Gasteiger partial charge in [0.05, 0.1) is 11.3 Å². The molecule has 0 saturated heterocycles. The highest BCUT2D eigenvalue weighted by Crippen LogP contribution is 2.18. The third-order valence-electron chi connectivity index (χ3n) is 2.57. The van der Waals surface area contributed by atoms with Crippen molar-refractivity contribution in [1.82, 2.24) is 4.98 Å². The highest BCUT2D eigenvalue weighted by atomic mass is 16.5. The summed E-state index contributed by atoms with van der Waals surface area (Å²) >= 11 is 0. The Labute approximate surface area is 118 Å². The summed E-state index contributed by atoms with van der Waals surface area (Å²) in [5, 5.41) is 9.21. The first kappa shape index (κ1) is 13.4. The number of nitrogens with zero attached hydrogens (tertiary/aromatic N) is 2. The minimum atomic E-state index is 0.243. The maximum Gasteiger partial charge on any atom is 0.148 e. The van der Waals surface area contributed by atoms with Crippen molar-refractivity contribution in [2.24, 2.45) is 0 Å². The van der Waals surface area contributed by atoms with Gasteiger partial charge in [-0.3, -0.25) is 4.98 Å². The van der Waals surface area contributed by atoms with E-state index in [4.69, 9.17) is 11.2 Å². The lowest BCUT2D eigenvalue weighted by Crippen LogP contribution is -1.92. The van der Waals surface area contributed by atoms with Crippen LogP contribution in [-0.4, -0.2) is 11.6 Å². The largest absolute Gasteiger partial charge is 0.481 e. The zero-order chi connectivity index (χ0) is 14.2. The summed E-state index contributed by atoms with van der Waals surface area (Å²) in [6.45, 7) is 0.243. The normalized spacial score (nSPS) is 10.4. The zero-order valence-corrected chi connectivity index (χ0v) is 10.8. The molecule has 20 heavy (non-hydrogen) atoms. The van der Waals surface area contributed by atoms with Crippen LogP contribution in [0.15, 0.2) is 48.7 Å². The van der Waals surface area contributed by atoms with Gasteiger partial charge in [-0.05, 0) is 35.9 Å². The minimum Gasteiger partial charge on any atom is -0.481 e. The highest BCUT2D eigenvalue weighted by Gasteiger charge is 2.01. The first-order valence-electron chi connectivity index (χ1n) is 6.03. The molecule has 0 saturated carbocycles. The van der Waals surface area contributed by atoms with Gasteiger partial charge in [0, 0.05) is 6.20 Å². The Morgan fingerprint density at radius 3 is 2.65 bits per heavy atom. The van der Waals surface area contributed by atoms with Crippen LogP contribution in [0.2, 0.25) is 0 Å². The lowest BCUT2D eigenvalue weighted by molar-refractivity contribution is 0.370. The van der Waals surface area contributed by atoms with E-state index in [0.29, 0.717) is 17.0 Å². The van der Waals surface area contributed by atoms with Gasteiger partial charge in [0.1, 0.15) is 18.4 Å². The van der Waals surface area contributed by atoms with Crippen molar-refractivity contribution < 1.29 is 4.74 Å². The van der Waals surface area contributed by atoms with Crippen molar-refractivity contribution in [2.45, 2.75) is 0 Å². The monoisotopic (exact) mass is 260 g/mol. The molecule has 2 aromatic rings. The van der Waals surface area contributed by atoms with Crippen LogP contribution >= 0.6 is 0 Å². The van der Waals surface area contributed by atoms with Gasteiger partial charge >= 0.3 is 0 Å². The summed E-state index contributed by atoms with van der Waals surface area (Å²) in [5.74, 6) is 3.11. The third-order valence-corrected chi connectivity index (χ3v) is 2.57. The number of terminal acetylenes is 1. The average molecular weight is 260 g/mol. The Hall–Kier alpha value is -3.04. The lowest BCUT2D eigenvalue weighted by Gasteiger charge is -2.02. The van der Waals surface area contributed by atoms with Crippen LogP contribution in [0.25, 0.3) is 11.6 Å². The zero-order valence-electron chi connectivity index (χ0n) is 10.8. The standard InChI is InChI=1S/C17H12N2O/c1-2-11-20-16-8-6-14(7-9-16)12-15(13-18)17-5-3-4-10-19-17/h1,3-10,12H,11H2. The molecule has 1 aromatic carbocycles. The predicted octanol–water partition coefficient (Wildman–Crippen LogP) is 3.16. The van der Waals surface area contributed by atoms with Gasteiger partial charge < -0.3 is 4.74 Å². The molecular weight excluding hydrogens is 248 g/mol.